The van der Waals surface area contributed by atoms with Crippen molar-refractivity contribution in [2.24, 2.45) is 5.41 Å². The molecule has 2 amide bonds. The fraction of sp³-hybridized carbons (Fsp3) is 0.533. The van der Waals surface area contributed by atoms with Gasteiger partial charge in [0.15, 0.2) is 21.3 Å². The van der Waals surface area contributed by atoms with Crippen molar-refractivity contribution in [2.45, 2.75) is 56.3 Å². The number of nitrogens with one attached hydrogen (secondary N) is 1. The van der Waals surface area contributed by atoms with Crippen LogP contribution in [-0.2, 0) is 25.8 Å². The van der Waals surface area contributed by atoms with Crippen LogP contribution >= 0.6 is 0 Å². The van der Waals surface area contributed by atoms with Crippen LogP contribution in [-0.4, -0.2) is 70.3 Å². The lowest BCUT2D eigenvalue weighted by atomic mass is 9.73. The topological polar surface area (TPSA) is 111 Å². The maximum absolute atomic E-state index is 13.4. The molecule has 3 aliphatic rings. The highest BCUT2D eigenvalue weighted by atomic mass is 32.2. The summed E-state index contributed by atoms with van der Waals surface area (Å²) >= 11 is 0. The summed E-state index contributed by atoms with van der Waals surface area (Å²) in [6, 6.07) is 12.6. The molecule has 40 heavy (non-hydrogen) atoms. The van der Waals surface area contributed by atoms with E-state index in [2.05, 4.69) is 11.4 Å². The maximum Gasteiger partial charge on any atom is 0.226 e. The summed E-state index contributed by atoms with van der Waals surface area (Å²) in [7, 11) is -3.67. The van der Waals surface area contributed by atoms with Crippen molar-refractivity contribution in [2.75, 3.05) is 45.2 Å². The molecule has 2 aromatic carbocycles. The summed E-state index contributed by atoms with van der Waals surface area (Å²) in [6.07, 6.45) is 5.75. The maximum atomic E-state index is 13.4. The number of likely N-dealkylation sites (tertiary alicyclic amines) is 1. The van der Waals surface area contributed by atoms with Crippen LogP contribution in [0.1, 0.15) is 50.5 Å². The highest BCUT2D eigenvalue weighted by Crippen LogP contribution is 2.38. The van der Waals surface area contributed by atoms with E-state index in [0.29, 0.717) is 63.8 Å². The first kappa shape index (κ1) is 28.3. The highest BCUT2D eigenvalue weighted by molar-refractivity contribution is 7.91. The first-order valence-electron chi connectivity index (χ1n) is 14.3. The zero-order valence-electron chi connectivity index (χ0n) is 22.9. The van der Waals surface area contributed by atoms with Gasteiger partial charge in [-0.25, -0.2) is 8.42 Å². The van der Waals surface area contributed by atoms with E-state index in [0.717, 1.165) is 37.9 Å². The number of ether oxygens (including phenoxy) is 3. The Hall–Kier alpha value is -3.27. The molecule has 3 aliphatic heterocycles. The van der Waals surface area contributed by atoms with E-state index in [1.807, 2.05) is 18.2 Å². The van der Waals surface area contributed by atoms with E-state index in [-0.39, 0.29) is 28.9 Å². The Balaban J connectivity index is 1.15. The van der Waals surface area contributed by atoms with Crippen LogP contribution in [0.15, 0.2) is 47.4 Å². The van der Waals surface area contributed by atoms with Crippen molar-refractivity contribution in [3.63, 3.8) is 0 Å². The molecule has 9 nitrogen and oxygen atoms in total. The summed E-state index contributed by atoms with van der Waals surface area (Å²) in [5.74, 6) is 1.35. The molecule has 0 atom stereocenters. The third-order valence-corrected chi connectivity index (χ3v) is 9.95. The van der Waals surface area contributed by atoms with Gasteiger partial charge in [0.2, 0.25) is 11.8 Å². The van der Waals surface area contributed by atoms with Gasteiger partial charge in [-0.15, -0.1) is 0 Å². The quantitative estimate of drug-likeness (QED) is 0.599. The Morgan fingerprint density at radius 2 is 1.62 bits per heavy atom. The lowest BCUT2D eigenvalue weighted by Crippen LogP contribution is -2.51. The van der Waals surface area contributed by atoms with E-state index in [9.17, 15) is 18.0 Å². The van der Waals surface area contributed by atoms with Crippen molar-refractivity contribution in [1.29, 1.82) is 0 Å². The molecule has 10 heteroatoms. The SMILES string of the molecule is O=C(CCS(=O)(=O)c1ccc2c(c1)OCCO2)N1CCC2(CCCCCc3ccccc3OCCNC2=O)CC1. The molecule has 0 aromatic heterocycles. The van der Waals surface area contributed by atoms with Gasteiger partial charge in [0.05, 0.1) is 22.6 Å². The van der Waals surface area contributed by atoms with Crippen LogP contribution in [0.2, 0.25) is 0 Å². The predicted molar refractivity (Wildman–Crippen MR) is 149 cm³/mol. The Kier molecular flexibility index (Phi) is 8.83. The zero-order chi connectivity index (χ0) is 28.0. The number of hydrogen-bond acceptors (Lipinski definition) is 7. The number of para-hydroxylation sites is 1. The molecule has 5 rings (SSSR count). The number of aryl methyl sites for hydroxylation is 1. The smallest absolute Gasteiger partial charge is 0.226 e. The molecule has 1 N–H and O–H groups in total. The van der Waals surface area contributed by atoms with Crippen LogP contribution < -0.4 is 19.5 Å². The second kappa shape index (κ2) is 12.5. The molecule has 1 saturated heterocycles. The Bertz CT molecular complexity index is 1320. The van der Waals surface area contributed by atoms with Crippen molar-refractivity contribution in [3.8, 4) is 17.2 Å². The summed E-state index contributed by atoms with van der Waals surface area (Å²) in [5.41, 5.74) is 0.681. The first-order chi connectivity index (χ1) is 19.4. The minimum absolute atomic E-state index is 0.0249. The molecule has 0 aliphatic carbocycles. The minimum Gasteiger partial charge on any atom is -0.491 e. The minimum atomic E-state index is -3.67. The first-order valence-corrected chi connectivity index (χ1v) is 15.9. The molecule has 216 valence electrons. The summed E-state index contributed by atoms with van der Waals surface area (Å²) < 4.78 is 42.8. The predicted octanol–water partition coefficient (Wildman–Crippen LogP) is 3.54. The van der Waals surface area contributed by atoms with Gasteiger partial charge >= 0.3 is 0 Å². The van der Waals surface area contributed by atoms with Gasteiger partial charge in [-0.3, -0.25) is 9.59 Å². The number of carbonyl (C=O) groups is 2. The number of benzene rings is 2. The van der Waals surface area contributed by atoms with Gasteiger partial charge in [0, 0.05) is 25.6 Å². The molecule has 0 unspecified atom stereocenters. The number of nitrogens with zero attached hydrogens (tertiary/aromatic N) is 1. The summed E-state index contributed by atoms with van der Waals surface area (Å²) in [4.78, 5) is 28.2. The van der Waals surface area contributed by atoms with E-state index >= 15 is 0 Å². The average Bonchev–Trinajstić information content (AvgIpc) is 2.99. The van der Waals surface area contributed by atoms with Crippen LogP contribution in [0.3, 0.4) is 0 Å². The van der Waals surface area contributed by atoms with Gasteiger partial charge in [0.1, 0.15) is 25.6 Å². The van der Waals surface area contributed by atoms with Crippen molar-refractivity contribution < 1.29 is 32.2 Å². The highest BCUT2D eigenvalue weighted by Gasteiger charge is 2.41. The number of amides is 2. The van der Waals surface area contributed by atoms with Gasteiger partial charge in [-0.05, 0) is 55.9 Å². The van der Waals surface area contributed by atoms with Gasteiger partial charge in [0.25, 0.3) is 0 Å². The average molecular weight is 571 g/mol. The largest absolute Gasteiger partial charge is 0.491 e. The Morgan fingerprint density at radius 1 is 0.875 bits per heavy atom. The normalized spacial score (nSPS) is 19.7. The fourth-order valence-electron chi connectivity index (χ4n) is 5.81. The second-order valence-corrected chi connectivity index (χ2v) is 12.9. The Morgan fingerprint density at radius 3 is 2.45 bits per heavy atom. The van der Waals surface area contributed by atoms with E-state index in [4.69, 9.17) is 14.2 Å². The lowest BCUT2D eigenvalue weighted by Gasteiger charge is -2.41. The molecule has 1 fully saturated rings. The van der Waals surface area contributed by atoms with Gasteiger partial charge < -0.3 is 24.4 Å². The third-order valence-electron chi connectivity index (χ3n) is 8.23. The number of rotatable bonds is 4. The van der Waals surface area contributed by atoms with Gasteiger partial charge in [-0.1, -0.05) is 31.0 Å². The number of carbonyl (C=O) groups excluding carboxylic acids is 2. The van der Waals surface area contributed by atoms with Crippen molar-refractivity contribution in [3.05, 3.63) is 48.0 Å². The van der Waals surface area contributed by atoms with Gasteiger partial charge in [-0.2, -0.15) is 0 Å². The summed E-state index contributed by atoms with van der Waals surface area (Å²) in [6.45, 7) is 2.51. The van der Waals surface area contributed by atoms with E-state index in [1.54, 1.807) is 11.0 Å². The monoisotopic (exact) mass is 570 g/mol. The van der Waals surface area contributed by atoms with Crippen molar-refractivity contribution >= 4 is 21.7 Å². The second-order valence-electron chi connectivity index (χ2n) is 10.8. The van der Waals surface area contributed by atoms with E-state index < -0.39 is 15.3 Å². The molecule has 3 heterocycles. The van der Waals surface area contributed by atoms with Crippen molar-refractivity contribution in [1.82, 2.24) is 10.2 Å². The molecule has 1 spiro atoms. The molecular weight excluding hydrogens is 532 g/mol. The molecule has 0 saturated carbocycles. The van der Waals surface area contributed by atoms with Crippen LogP contribution in [0.4, 0.5) is 0 Å². The standard InChI is InChI=1S/C30H38N2O7S/c33-28(11-21-40(35,36)24-9-10-26-27(22-24)39-20-19-38-26)32-16-13-30(14-17-32)12-5-1-2-6-23-7-3-4-8-25(23)37-18-15-31-29(30)34/h3-4,7-10,22H,1-2,5-6,11-21H2,(H,31,34). The number of piperidine rings is 1. The number of fused-ring (bicyclic) bond motifs is 2. The molecule has 2 aromatic rings. The van der Waals surface area contributed by atoms with Crippen LogP contribution in [0.25, 0.3) is 0 Å². The number of hydrogen-bond donors (Lipinski definition) is 1. The molecule has 0 radical (unpaired) electrons. The van der Waals surface area contributed by atoms with Crippen LogP contribution in [0, 0.1) is 5.41 Å². The Labute approximate surface area is 236 Å². The molecular formula is C30H38N2O7S. The third kappa shape index (κ3) is 6.54. The van der Waals surface area contributed by atoms with E-state index in [1.165, 1.54) is 17.7 Å². The number of sulfone groups is 1. The van der Waals surface area contributed by atoms with Crippen LogP contribution in [0.5, 0.6) is 17.2 Å². The fourth-order valence-corrected chi connectivity index (χ4v) is 7.05. The zero-order valence-corrected chi connectivity index (χ0v) is 23.7. The molecule has 0 bridgehead atoms. The lowest BCUT2D eigenvalue weighted by molar-refractivity contribution is -0.141. The summed E-state index contributed by atoms with van der Waals surface area (Å²) in [5, 5.41) is 3.08.